The highest BCUT2D eigenvalue weighted by Gasteiger charge is 2.29. The van der Waals surface area contributed by atoms with Crippen LogP contribution in [0.5, 0.6) is 11.5 Å². The number of carbonyl (C=O) groups is 2. The number of nitrogens with zero attached hydrogens (tertiary/aromatic N) is 2. The van der Waals surface area contributed by atoms with E-state index in [-0.39, 0.29) is 24.8 Å². The molecular weight excluding hydrogens is 656 g/mol. The van der Waals surface area contributed by atoms with Crippen LogP contribution in [0.15, 0.2) is 67.0 Å². The molecule has 2 atom stereocenters. The maximum Gasteiger partial charge on any atom is 0.415 e. The van der Waals surface area contributed by atoms with E-state index in [1.54, 1.807) is 54.9 Å². The van der Waals surface area contributed by atoms with Crippen molar-refractivity contribution in [3.05, 3.63) is 104 Å². The molecule has 1 fully saturated rings. The van der Waals surface area contributed by atoms with Gasteiger partial charge in [0.05, 0.1) is 26.5 Å². The number of anilines is 1. The number of H-pyrrole nitrogens is 1. The van der Waals surface area contributed by atoms with Gasteiger partial charge in [0.25, 0.3) is 0 Å². The molecule has 0 bridgehead atoms. The van der Waals surface area contributed by atoms with Gasteiger partial charge in [-0.25, -0.2) is 19.0 Å². The Morgan fingerprint density at radius 1 is 1.07 bits per heavy atom. The maximum absolute atomic E-state index is 14.9. The van der Waals surface area contributed by atoms with Gasteiger partial charge in [0.1, 0.15) is 32.9 Å². The second kappa shape index (κ2) is 15.1. The van der Waals surface area contributed by atoms with E-state index in [4.69, 9.17) is 42.1 Å². The Morgan fingerprint density at radius 2 is 1.80 bits per heavy atom. The summed E-state index contributed by atoms with van der Waals surface area (Å²) in [5, 5.41) is 0.772. The van der Waals surface area contributed by atoms with Crippen molar-refractivity contribution >= 4 is 52.3 Å². The monoisotopic (exact) mass is 688 g/mol. The summed E-state index contributed by atoms with van der Waals surface area (Å²) in [5.74, 6) is -0.183. The fraction of sp³-hybridized carbons (Fsp3) is 0.303. The van der Waals surface area contributed by atoms with E-state index in [1.807, 2.05) is 7.05 Å². The van der Waals surface area contributed by atoms with Crippen LogP contribution in [0, 0.1) is 5.82 Å². The minimum absolute atomic E-state index is 0.00882. The standard InChI is InChI=1S/C33H32Cl2FN3O6S/c1-38-13-12-21(18-38)44-33(41)39(27-7-5-4-6-26(27)36)19-22-9-11-31(46-22)32(40)45-29(15-23-24(34)16-37-17-25(23)35)20-8-10-28(42-2)30(14-20)43-3/h4-11,14,16-17,21,29H,12-13,15,18-19H2,1-3H3/p+1/t21-,29+/m1/s1. The van der Waals surface area contributed by atoms with Crippen molar-refractivity contribution in [1.82, 2.24) is 4.90 Å². The van der Waals surface area contributed by atoms with Gasteiger partial charge >= 0.3 is 12.1 Å². The first-order valence-corrected chi connectivity index (χ1v) is 16.0. The number of methoxy groups -OCH3 is 2. The fourth-order valence-corrected chi connectivity index (χ4v) is 6.58. The van der Waals surface area contributed by atoms with E-state index in [9.17, 15) is 14.0 Å². The SMILES string of the molecule is COc1ccc([C@H](Cc2c(Cl)c[nH+]cc2Cl)OC(=O)c2ccc(CN(C(=O)O[C@@H]3CCN(C)C3)c3ccccc3F)s2)cc1OC. The zero-order chi connectivity index (χ0) is 32.8. The molecule has 9 nitrogen and oxygen atoms in total. The number of ether oxygens (including phenoxy) is 4. The van der Waals surface area contributed by atoms with E-state index in [0.29, 0.717) is 55.4 Å². The Hall–Kier alpha value is -3.90. The lowest BCUT2D eigenvalue weighted by atomic mass is 10.0. The van der Waals surface area contributed by atoms with Gasteiger partial charge in [-0.05, 0) is 55.4 Å². The molecule has 1 saturated heterocycles. The number of thiophene rings is 1. The number of hydrogen-bond donors (Lipinski definition) is 0. The number of pyridine rings is 1. The third-order valence-corrected chi connectivity index (χ3v) is 9.30. The Balaban J connectivity index is 1.38. The molecule has 4 aromatic rings. The summed E-state index contributed by atoms with van der Waals surface area (Å²) < 4.78 is 37.5. The van der Waals surface area contributed by atoms with Crippen molar-refractivity contribution in [3.8, 4) is 11.5 Å². The van der Waals surface area contributed by atoms with E-state index < -0.39 is 24.0 Å². The Kier molecular flexibility index (Phi) is 11.0. The fourth-order valence-electron chi connectivity index (χ4n) is 5.17. The molecule has 1 aliphatic rings. The van der Waals surface area contributed by atoms with E-state index in [0.717, 1.165) is 17.9 Å². The molecule has 0 unspecified atom stereocenters. The van der Waals surface area contributed by atoms with Crippen molar-refractivity contribution in [2.24, 2.45) is 0 Å². The normalized spacial score (nSPS) is 15.3. The molecule has 13 heteroatoms. The Labute approximate surface area is 280 Å². The molecule has 2 aromatic heterocycles. The molecule has 0 radical (unpaired) electrons. The zero-order valence-electron chi connectivity index (χ0n) is 25.4. The second-order valence-corrected chi connectivity index (χ2v) is 12.7. The van der Waals surface area contributed by atoms with Crippen molar-refractivity contribution in [2.75, 3.05) is 39.3 Å². The number of aromatic amines is 1. The first kappa shape index (κ1) is 33.5. The van der Waals surface area contributed by atoms with Crippen LogP contribution in [0.2, 0.25) is 10.0 Å². The van der Waals surface area contributed by atoms with Crippen LogP contribution in [0.1, 0.15) is 38.2 Å². The number of rotatable bonds is 11. The molecule has 5 rings (SSSR count). The van der Waals surface area contributed by atoms with E-state index in [1.165, 1.54) is 31.3 Å². The number of para-hydroxylation sites is 1. The molecule has 1 amide bonds. The van der Waals surface area contributed by atoms with Crippen LogP contribution >= 0.6 is 34.5 Å². The number of carbonyl (C=O) groups excluding carboxylic acids is 2. The lowest BCUT2D eigenvalue weighted by molar-refractivity contribution is -0.377. The number of likely N-dealkylation sites (tertiary alicyclic amines) is 1. The number of benzene rings is 2. The van der Waals surface area contributed by atoms with Gasteiger partial charge in [0.2, 0.25) is 0 Å². The molecule has 0 aliphatic carbocycles. The predicted molar refractivity (Wildman–Crippen MR) is 174 cm³/mol. The number of aromatic nitrogens is 1. The predicted octanol–water partition coefficient (Wildman–Crippen LogP) is 7.01. The van der Waals surface area contributed by atoms with Gasteiger partial charge in [0, 0.05) is 30.0 Å². The van der Waals surface area contributed by atoms with Crippen LogP contribution in [0.4, 0.5) is 14.9 Å². The number of nitrogens with one attached hydrogen (secondary N) is 1. The average molecular weight is 690 g/mol. The van der Waals surface area contributed by atoms with Gasteiger partial charge in [0.15, 0.2) is 23.9 Å². The molecule has 46 heavy (non-hydrogen) atoms. The first-order valence-electron chi connectivity index (χ1n) is 14.4. The van der Waals surface area contributed by atoms with Crippen LogP contribution in [0.3, 0.4) is 0 Å². The number of halogens is 3. The average Bonchev–Trinajstić information content (AvgIpc) is 3.69. The number of amides is 1. The van der Waals surface area contributed by atoms with Crippen molar-refractivity contribution in [2.45, 2.75) is 31.6 Å². The molecule has 0 spiro atoms. The first-order chi connectivity index (χ1) is 22.2. The molecule has 1 aliphatic heterocycles. The highest BCUT2D eigenvalue weighted by molar-refractivity contribution is 7.14. The zero-order valence-corrected chi connectivity index (χ0v) is 27.8. The van der Waals surface area contributed by atoms with Crippen LogP contribution in [-0.2, 0) is 22.4 Å². The highest BCUT2D eigenvalue weighted by atomic mass is 35.5. The van der Waals surface area contributed by atoms with Gasteiger partial charge < -0.3 is 23.8 Å². The van der Waals surface area contributed by atoms with E-state index in [2.05, 4.69) is 9.88 Å². The summed E-state index contributed by atoms with van der Waals surface area (Å²) in [6.45, 7) is 1.40. The quantitative estimate of drug-likeness (QED) is 0.157. The number of likely N-dealkylation sites (N-methyl/N-ethyl adjacent to an activating group) is 1. The summed E-state index contributed by atoms with van der Waals surface area (Å²) in [7, 11) is 5.00. The van der Waals surface area contributed by atoms with Gasteiger partial charge in [-0.15, -0.1) is 11.3 Å². The minimum Gasteiger partial charge on any atom is -0.493 e. The lowest BCUT2D eigenvalue weighted by Crippen LogP contribution is -2.35. The van der Waals surface area contributed by atoms with E-state index >= 15 is 0 Å². The summed E-state index contributed by atoms with van der Waals surface area (Å²) in [6.07, 6.45) is 2.31. The summed E-state index contributed by atoms with van der Waals surface area (Å²) in [4.78, 5) is 34.0. The lowest BCUT2D eigenvalue weighted by Gasteiger charge is -2.24. The molecule has 3 heterocycles. The third-order valence-electron chi connectivity index (χ3n) is 7.57. The largest absolute Gasteiger partial charge is 0.493 e. The van der Waals surface area contributed by atoms with Crippen molar-refractivity contribution in [1.29, 1.82) is 0 Å². The van der Waals surface area contributed by atoms with Gasteiger partial charge in [-0.3, -0.25) is 4.90 Å². The topological polar surface area (TPSA) is 91.7 Å². The van der Waals surface area contributed by atoms with Crippen molar-refractivity contribution in [3.63, 3.8) is 0 Å². The minimum atomic E-state index is -0.801. The summed E-state index contributed by atoms with van der Waals surface area (Å²) in [6, 6.07) is 14.6. The highest BCUT2D eigenvalue weighted by Crippen LogP contribution is 2.36. The van der Waals surface area contributed by atoms with Crippen LogP contribution in [0.25, 0.3) is 0 Å². The maximum atomic E-state index is 14.9. The van der Waals surface area contributed by atoms with Crippen LogP contribution in [-0.4, -0.2) is 57.4 Å². The summed E-state index contributed by atoms with van der Waals surface area (Å²) >= 11 is 14.0. The molecular formula is C33H33Cl2FN3O6S+. The number of esters is 1. The smallest absolute Gasteiger partial charge is 0.415 e. The molecule has 242 valence electrons. The number of hydrogen-bond acceptors (Lipinski definition) is 8. The van der Waals surface area contributed by atoms with Crippen LogP contribution < -0.4 is 19.4 Å². The Morgan fingerprint density at radius 3 is 2.48 bits per heavy atom. The second-order valence-electron chi connectivity index (χ2n) is 10.7. The summed E-state index contributed by atoms with van der Waals surface area (Å²) in [5.41, 5.74) is 1.31. The van der Waals surface area contributed by atoms with Gasteiger partial charge in [-0.1, -0.05) is 41.4 Å². The van der Waals surface area contributed by atoms with Gasteiger partial charge in [-0.2, -0.15) is 0 Å². The van der Waals surface area contributed by atoms with Crippen molar-refractivity contribution < 1.29 is 37.9 Å². The molecule has 1 N–H and O–H groups in total. The molecule has 2 aromatic carbocycles. The third kappa shape index (κ3) is 7.90. The molecule has 0 saturated carbocycles. The Bertz CT molecular complexity index is 1690.